The predicted octanol–water partition coefficient (Wildman–Crippen LogP) is 2.20. The van der Waals surface area contributed by atoms with Gasteiger partial charge in [-0.2, -0.15) is 0 Å². The van der Waals surface area contributed by atoms with Gasteiger partial charge in [-0.25, -0.2) is 0 Å². The van der Waals surface area contributed by atoms with E-state index in [1.165, 1.54) is 5.56 Å². The van der Waals surface area contributed by atoms with Crippen LogP contribution in [-0.2, 0) is 0 Å². The van der Waals surface area contributed by atoms with Crippen molar-refractivity contribution >= 4 is 10.8 Å². The molecule has 56 valence electrons. The highest BCUT2D eigenvalue weighted by molar-refractivity contribution is 5.97. The molecule has 0 bridgehead atoms. The molecule has 0 saturated heterocycles. The molecule has 0 amide bonds. The predicted molar refractivity (Wildman–Crippen MR) is 46.7 cm³/mol. The molecular weight excluding hydrogens is 136 g/mol. The Hall–Kier alpha value is -1.11. The van der Waals surface area contributed by atoms with E-state index in [-0.39, 0.29) is 5.43 Å². The molecule has 0 atom stereocenters. The molecule has 0 aliphatic carbocycles. The fourth-order valence-corrected chi connectivity index (χ4v) is 1.26. The van der Waals surface area contributed by atoms with Crippen molar-refractivity contribution in [3.05, 3.63) is 34.0 Å². The van der Waals surface area contributed by atoms with E-state index in [1.54, 1.807) is 0 Å². The van der Waals surface area contributed by atoms with Crippen LogP contribution < -0.4 is 5.43 Å². The first-order valence-electron chi connectivity index (χ1n) is 3.89. The first kappa shape index (κ1) is 6.59. The first-order chi connectivity index (χ1) is 5.20. The van der Waals surface area contributed by atoms with Gasteiger partial charge in [0.1, 0.15) is 0 Å². The highest BCUT2D eigenvalue weighted by Gasteiger charge is 2.12. The maximum Gasteiger partial charge on any atom is 0.194 e. The van der Waals surface area contributed by atoms with Gasteiger partial charge in [-0.15, -0.1) is 0 Å². The summed E-state index contributed by atoms with van der Waals surface area (Å²) in [7, 11) is 0. The zero-order chi connectivity index (χ0) is 8.01. The van der Waals surface area contributed by atoms with Gasteiger partial charge < -0.3 is 0 Å². The number of fused-ring (bicyclic) bond motifs is 1. The Kier molecular flexibility index (Phi) is 1.16. The fourth-order valence-electron chi connectivity index (χ4n) is 1.26. The summed E-state index contributed by atoms with van der Waals surface area (Å²) < 4.78 is 0. The third-order valence-electron chi connectivity index (χ3n) is 2.14. The first-order valence-corrected chi connectivity index (χ1v) is 3.89. The minimum absolute atomic E-state index is 0.233. The van der Waals surface area contributed by atoms with Crippen molar-refractivity contribution in [3.8, 4) is 0 Å². The third kappa shape index (κ3) is 0.881. The molecule has 0 heterocycles. The topological polar surface area (TPSA) is 17.1 Å². The van der Waals surface area contributed by atoms with Crippen LogP contribution in [0, 0.1) is 0 Å². The van der Waals surface area contributed by atoms with Crippen LogP contribution in [0.2, 0.25) is 0 Å². The van der Waals surface area contributed by atoms with Crippen molar-refractivity contribution in [1.29, 1.82) is 0 Å². The van der Waals surface area contributed by atoms with E-state index in [0.29, 0.717) is 5.92 Å². The van der Waals surface area contributed by atoms with Crippen molar-refractivity contribution in [1.82, 2.24) is 0 Å². The molecule has 0 unspecified atom stereocenters. The minimum atomic E-state index is 0.233. The van der Waals surface area contributed by atoms with E-state index in [1.807, 2.05) is 18.2 Å². The van der Waals surface area contributed by atoms with E-state index < -0.39 is 0 Å². The number of rotatable bonds is 1. The van der Waals surface area contributed by atoms with Crippen LogP contribution in [0.25, 0.3) is 10.8 Å². The second-order valence-electron chi connectivity index (χ2n) is 3.29. The third-order valence-corrected chi connectivity index (χ3v) is 2.14. The maximum absolute atomic E-state index is 10.9. The van der Waals surface area contributed by atoms with Crippen LogP contribution in [-0.4, -0.2) is 0 Å². The highest BCUT2D eigenvalue weighted by Crippen LogP contribution is 2.21. The second-order valence-corrected chi connectivity index (χ2v) is 3.29. The summed E-state index contributed by atoms with van der Waals surface area (Å²) >= 11 is 0. The van der Waals surface area contributed by atoms with Crippen molar-refractivity contribution < 1.29 is 0 Å². The summed E-state index contributed by atoms with van der Waals surface area (Å²) in [6, 6.07) is 5.96. The Bertz CT molecular complexity index is 403. The van der Waals surface area contributed by atoms with Crippen LogP contribution in [0.1, 0.15) is 25.3 Å². The van der Waals surface area contributed by atoms with Gasteiger partial charge in [-0.05, 0) is 17.5 Å². The summed E-state index contributed by atoms with van der Waals surface area (Å²) in [4.78, 5) is 10.9. The lowest BCUT2D eigenvalue weighted by atomic mass is 10.0. The highest BCUT2D eigenvalue weighted by atomic mass is 16.1. The lowest BCUT2D eigenvalue weighted by Crippen LogP contribution is -1.83. The Morgan fingerprint density at radius 2 is 1.91 bits per heavy atom. The van der Waals surface area contributed by atoms with Gasteiger partial charge in [-0.1, -0.05) is 26.0 Å². The molecule has 11 heavy (non-hydrogen) atoms. The molecule has 0 aromatic heterocycles. The molecule has 2 aromatic rings. The second kappa shape index (κ2) is 1.94. The van der Waals surface area contributed by atoms with Gasteiger partial charge in [-0.3, -0.25) is 4.79 Å². The van der Waals surface area contributed by atoms with Crippen molar-refractivity contribution in [3.63, 3.8) is 0 Å². The van der Waals surface area contributed by atoms with E-state index >= 15 is 0 Å². The lowest BCUT2D eigenvalue weighted by Gasteiger charge is -2.00. The maximum atomic E-state index is 10.9. The fraction of sp³-hybridized carbons (Fsp3) is 0.300. The van der Waals surface area contributed by atoms with Crippen LogP contribution in [0.3, 0.4) is 0 Å². The minimum Gasteiger partial charge on any atom is -0.289 e. The monoisotopic (exact) mass is 146 g/mol. The molecule has 1 heteroatoms. The van der Waals surface area contributed by atoms with E-state index in [9.17, 15) is 4.79 Å². The van der Waals surface area contributed by atoms with Gasteiger partial charge in [0, 0.05) is 10.8 Å². The van der Waals surface area contributed by atoms with E-state index in [4.69, 9.17) is 0 Å². The largest absolute Gasteiger partial charge is 0.289 e. The molecule has 2 aromatic carbocycles. The molecule has 0 spiro atoms. The molecule has 1 nitrogen and oxygen atoms in total. The van der Waals surface area contributed by atoms with Crippen molar-refractivity contribution in [2.75, 3.05) is 0 Å². The summed E-state index contributed by atoms with van der Waals surface area (Å²) in [5.41, 5.74) is 1.49. The standard InChI is InChI=1S/C10H10O/c1-6(2)7-3-4-8-9(5-7)10(8)11/h3-6H,1-2H3. The molecular formula is C10H10O. The average molecular weight is 146 g/mol. The van der Waals surface area contributed by atoms with Gasteiger partial charge >= 0.3 is 0 Å². The SMILES string of the molecule is CC(C)c1ccc2c(=O)c2c1. The lowest BCUT2D eigenvalue weighted by molar-refractivity contribution is 0.869. The normalized spacial score (nSPS) is 11.9. The van der Waals surface area contributed by atoms with Gasteiger partial charge in [0.25, 0.3) is 0 Å². The summed E-state index contributed by atoms with van der Waals surface area (Å²) in [5, 5.41) is 1.84. The Labute approximate surface area is 65.3 Å². The van der Waals surface area contributed by atoms with Gasteiger partial charge in [0.05, 0.1) is 0 Å². The van der Waals surface area contributed by atoms with Crippen LogP contribution in [0.4, 0.5) is 0 Å². The zero-order valence-electron chi connectivity index (χ0n) is 6.72. The van der Waals surface area contributed by atoms with E-state index in [0.717, 1.165) is 10.8 Å². The molecule has 0 aliphatic rings. The Balaban J connectivity index is 2.57. The van der Waals surface area contributed by atoms with Crippen molar-refractivity contribution in [2.45, 2.75) is 19.8 Å². The van der Waals surface area contributed by atoms with Crippen LogP contribution >= 0.6 is 0 Å². The quantitative estimate of drug-likeness (QED) is 0.602. The summed E-state index contributed by atoms with van der Waals surface area (Å²) in [5.74, 6) is 0.522. The Morgan fingerprint density at radius 3 is 2.45 bits per heavy atom. The molecule has 0 saturated carbocycles. The van der Waals surface area contributed by atoms with Gasteiger partial charge in [0.15, 0.2) is 5.43 Å². The van der Waals surface area contributed by atoms with Crippen LogP contribution in [0.5, 0.6) is 0 Å². The smallest absolute Gasteiger partial charge is 0.194 e. The average Bonchev–Trinajstić information content (AvgIpc) is 2.62. The molecule has 0 aliphatic heterocycles. The van der Waals surface area contributed by atoms with Crippen molar-refractivity contribution in [2.24, 2.45) is 0 Å². The van der Waals surface area contributed by atoms with E-state index in [2.05, 4.69) is 13.8 Å². The summed E-state index contributed by atoms with van der Waals surface area (Å²) in [6.45, 7) is 4.27. The molecule has 0 N–H and O–H groups in total. The van der Waals surface area contributed by atoms with Gasteiger partial charge in [0.2, 0.25) is 0 Å². The molecule has 2 rings (SSSR count). The molecule has 0 radical (unpaired) electrons. The van der Waals surface area contributed by atoms with Crippen LogP contribution in [0.15, 0.2) is 23.0 Å². The number of hydrogen-bond donors (Lipinski definition) is 0. The Morgan fingerprint density at radius 1 is 1.18 bits per heavy atom. The number of benzene rings is 1. The molecule has 0 fully saturated rings. The number of hydrogen-bond acceptors (Lipinski definition) is 1. The zero-order valence-corrected chi connectivity index (χ0v) is 6.72. The summed E-state index contributed by atoms with van der Waals surface area (Å²) in [6.07, 6.45) is 0.